The van der Waals surface area contributed by atoms with E-state index in [1.54, 1.807) is 7.11 Å². The van der Waals surface area contributed by atoms with Gasteiger partial charge in [-0.15, -0.1) is 0 Å². The third-order valence-electron chi connectivity index (χ3n) is 4.87. The lowest BCUT2D eigenvalue weighted by Crippen LogP contribution is -2.48. The Kier molecular flexibility index (Phi) is 5.43. The van der Waals surface area contributed by atoms with Crippen LogP contribution in [0.2, 0.25) is 0 Å². The molecule has 1 saturated heterocycles. The number of carbonyl (C=O) groups excluding carboxylic acids is 1. The average molecular weight is 346 g/mol. The van der Waals surface area contributed by atoms with Gasteiger partial charge in [-0.25, -0.2) is 9.59 Å². The highest BCUT2D eigenvalue weighted by Gasteiger charge is 2.26. The van der Waals surface area contributed by atoms with Gasteiger partial charge in [0.1, 0.15) is 0 Å². The molecule has 1 unspecified atom stereocenters. The molecule has 25 heavy (non-hydrogen) atoms. The number of para-hydroxylation sites is 2. The second kappa shape index (κ2) is 7.74. The van der Waals surface area contributed by atoms with Crippen LogP contribution in [0.4, 0.5) is 4.79 Å². The molecule has 2 amide bonds. The standard InChI is InChI=1S/C18H26N4O3/c1-13(9-12-25-2)19-17(23)21-10-7-14(8-11-21)22-16-6-4-3-5-15(16)20-18(22)24/h3-6,13-14H,7-12H2,1-2H3,(H,19,23)(H,20,24). The van der Waals surface area contributed by atoms with Gasteiger partial charge in [-0.1, -0.05) is 12.1 Å². The highest BCUT2D eigenvalue weighted by Crippen LogP contribution is 2.24. The van der Waals surface area contributed by atoms with Crippen LogP contribution >= 0.6 is 0 Å². The Morgan fingerprint density at radius 1 is 1.36 bits per heavy atom. The number of ether oxygens (including phenoxy) is 1. The summed E-state index contributed by atoms with van der Waals surface area (Å²) in [5.74, 6) is 0. The van der Waals surface area contributed by atoms with E-state index in [0.29, 0.717) is 19.7 Å². The molecule has 1 aliphatic rings. The zero-order chi connectivity index (χ0) is 17.8. The van der Waals surface area contributed by atoms with E-state index in [9.17, 15) is 9.59 Å². The molecule has 1 fully saturated rings. The van der Waals surface area contributed by atoms with Gasteiger partial charge in [0.15, 0.2) is 0 Å². The van der Waals surface area contributed by atoms with E-state index in [2.05, 4.69) is 10.3 Å². The minimum absolute atomic E-state index is 0.0340. The highest BCUT2D eigenvalue weighted by atomic mass is 16.5. The van der Waals surface area contributed by atoms with Gasteiger partial charge in [-0.3, -0.25) is 4.57 Å². The second-order valence-electron chi connectivity index (χ2n) is 6.67. The van der Waals surface area contributed by atoms with E-state index < -0.39 is 0 Å². The fourth-order valence-corrected chi connectivity index (χ4v) is 3.43. The molecule has 0 bridgehead atoms. The Labute approximate surface area is 147 Å². The minimum atomic E-state index is -0.0720. The molecule has 136 valence electrons. The van der Waals surface area contributed by atoms with Crippen LogP contribution in [0.1, 0.15) is 32.2 Å². The van der Waals surface area contributed by atoms with Crippen molar-refractivity contribution in [3.63, 3.8) is 0 Å². The number of imidazole rings is 1. The molecule has 2 N–H and O–H groups in total. The van der Waals surface area contributed by atoms with Gasteiger partial charge in [0.05, 0.1) is 11.0 Å². The van der Waals surface area contributed by atoms with Gasteiger partial charge in [0.25, 0.3) is 0 Å². The molecule has 7 heteroatoms. The lowest BCUT2D eigenvalue weighted by atomic mass is 10.0. The van der Waals surface area contributed by atoms with Crippen molar-refractivity contribution in [3.05, 3.63) is 34.7 Å². The number of benzene rings is 1. The number of urea groups is 1. The van der Waals surface area contributed by atoms with Crippen molar-refractivity contribution in [2.45, 2.75) is 38.3 Å². The molecule has 2 aromatic rings. The third-order valence-corrected chi connectivity index (χ3v) is 4.87. The lowest BCUT2D eigenvalue weighted by Gasteiger charge is -2.33. The first kappa shape index (κ1) is 17.5. The van der Waals surface area contributed by atoms with Crippen LogP contribution in [-0.2, 0) is 4.74 Å². The maximum atomic E-state index is 12.3. The maximum absolute atomic E-state index is 12.3. The van der Waals surface area contributed by atoms with Crippen molar-refractivity contribution in [3.8, 4) is 0 Å². The Balaban J connectivity index is 1.61. The van der Waals surface area contributed by atoms with E-state index in [1.807, 2.05) is 40.7 Å². The van der Waals surface area contributed by atoms with Gasteiger partial charge in [-0.05, 0) is 38.3 Å². The monoisotopic (exact) mass is 346 g/mol. The predicted molar refractivity (Wildman–Crippen MR) is 96.9 cm³/mol. The Hall–Kier alpha value is -2.28. The summed E-state index contributed by atoms with van der Waals surface area (Å²) in [6.45, 7) is 3.92. The average Bonchev–Trinajstić information content (AvgIpc) is 2.95. The predicted octanol–water partition coefficient (Wildman–Crippen LogP) is 2.10. The minimum Gasteiger partial charge on any atom is -0.385 e. The number of hydrogen-bond donors (Lipinski definition) is 2. The van der Waals surface area contributed by atoms with E-state index >= 15 is 0 Å². The molecule has 1 aromatic carbocycles. The van der Waals surface area contributed by atoms with E-state index in [1.165, 1.54) is 0 Å². The largest absolute Gasteiger partial charge is 0.385 e. The van der Waals surface area contributed by atoms with Gasteiger partial charge in [-0.2, -0.15) is 0 Å². The van der Waals surface area contributed by atoms with E-state index in [4.69, 9.17) is 4.74 Å². The first-order valence-corrected chi connectivity index (χ1v) is 8.83. The summed E-state index contributed by atoms with van der Waals surface area (Å²) >= 11 is 0. The summed E-state index contributed by atoms with van der Waals surface area (Å²) < 4.78 is 6.88. The molecule has 2 heterocycles. The van der Waals surface area contributed by atoms with Crippen molar-refractivity contribution in [2.24, 2.45) is 0 Å². The molecule has 0 spiro atoms. The van der Waals surface area contributed by atoms with Crippen molar-refractivity contribution >= 4 is 17.1 Å². The Morgan fingerprint density at radius 2 is 2.08 bits per heavy atom. The summed E-state index contributed by atoms with van der Waals surface area (Å²) in [6.07, 6.45) is 2.35. The second-order valence-corrected chi connectivity index (χ2v) is 6.67. The highest BCUT2D eigenvalue weighted by molar-refractivity contribution is 5.75. The summed E-state index contributed by atoms with van der Waals surface area (Å²) in [6, 6.07) is 7.91. The molecule has 0 saturated carbocycles. The molecule has 0 aliphatic carbocycles. The van der Waals surface area contributed by atoms with Crippen LogP contribution < -0.4 is 11.0 Å². The molecule has 3 rings (SSSR count). The Bertz CT molecular complexity index is 774. The van der Waals surface area contributed by atoms with Crippen LogP contribution in [0.15, 0.2) is 29.1 Å². The van der Waals surface area contributed by atoms with Crippen molar-refractivity contribution in [2.75, 3.05) is 26.8 Å². The summed E-state index contributed by atoms with van der Waals surface area (Å²) in [5, 5.41) is 3.01. The number of fused-ring (bicyclic) bond motifs is 1. The number of nitrogens with zero attached hydrogens (tertiary/aromatic N) is 2. The first-order valence-electron chi connectivity index (χ1n) is 8.83. The molecular formula is C18H26N4O3. The topological polar surface area (TPSA) is 79.4 Å². The zero-order valence-electron chi connectivity index (χ0n) is 14.8. The zero-order valence-corrected chi connectivity index (χ0v) is 14.8. The fraction of sp³-hybridized carbons (Fsp3) is 0.556. The number of rotatable bonds is 5. The quantitative estimate of drug-likeness (QED) is 0.870. The number of hydrogen-bond acceptors (Lipinski definition) is 3. The van der Waals surface area contributed by atoms with Crippen LogP contribution in [-0.4, -0.2) is 53.3 Å². The number of aromatic amines is 1. The SMILES string of the molecule is COCCC(C)NC(=O)N1CCC(n2c(=O)[nH]c3ccccc32)CC1. The smallest absolute Gasteiger partial charge is 0.326 e. The van der Waals surface area contributed by atoms with Gasteiger partial charge in [0.2, 0.25) is 0 Å². The van der Waals surface area contributed by atoms with Crippen molar-refractivity contribution < 1.29 is 9.53 Å². The normalized spacial score (nSPS) is 17.0. The molecular weight excluding hydrogens is 320 g/mol. The summed E-state index contributed by atoms with van der Waals surface area (Å²) in [7, 11) is 1.66. The van der Waals surface area contributed by atoms with Crippen LogP contribution in [0.5, 0.6) is 0 Å². The van der Waals surface area contributed by atoms with E-state index in [-0.39, 0.29) is 23.8 Å². The Morgan fingerprint density at radius 3 is 2.80 bits per heavy atom. The number of methoxy groups -OCH3 is 1. The van der Waals surface area contributed by atoms with Gasteiger partial charge >= 0.3 is 11.7 Å². The van der Waals surface area contributed by atoms with Crippen LogP contribution in [0.3, 0.4) is 0 Å². The van der Waals surface area contributed by atoms with Gasteiger partial charge < -0.3 is 19.9 Å². The number of carbonyl (C=O) groups is 1. The summed E-state index contributed by atoms with van der Waals surface area (Å²) in [4.78, 5) is 29.4. The number of amides is 2. The van der Waals surface area contributed by atoms with Crippen molar-refractivity contribution in [1.82, 2.24) is 19.8 Å². The number of likely N-dealkylation sites (tertiary alicyclic amines) is 1. The summed E-state index contributed by atoms with van der Waals surface area (Å²) in [5.41, 5.74) is 1.72. The molecule has 0 radical (unpaired) electrons. The van der Waals surface area contributed by atoms with Crippen LogP contribution in [0.25, 0.3) is 11.0 Å². The third kappa shape index (κ3) is 3.87. The first-order chi connectivity index (χ1) is 12.1. The molecule has 1 aliphatic heterocycles. The molecule has 7 nitrogen and oxygen atoms in total. The number of nitrogens with one attached hydrogen (secondary N) is 2. The number of piperidine rings is 1. The molecule has 1 atom stereocenters. The maximum Gasteiger partial charge on any atom is 0.326 e. The number of aromatic nitrogens is 2. The van der Waals surface area contributed by atoms with Crippen LogP contribution in [0, 0.1) is 0 Å². The molecule has 1 aromatic heterocycles. The van der Waals surface area contributed by atoms with Gasteiger partial charge in [0, 0.05) is 38.9 Å². The number of H-pyrrole nitrogens is 1. The lowest BCUT2D eigenvalue weighted by molar-refractivity contribution is 0.160. The van der Waals surface area contributed by atoms with E-state index in [0.717, 1.165) is 30.3 Å². The fourth-order valence-electron chi connectivity index (χ4n) is 3.43. The van der Waals surface area contributed by atoms with Crippen molar-refractivity contribution in [1.29, 1.82) is 0 Å².